The molecule has 2 aliphatic heterocycles. The van der Waals surface area contributed by atoms with Crippen LogP contribution in [0.5, 0.6) is 0 Å². The summed E-state index contributed by atoms with van der Waals surface area (Å²) in [5.74, 6) is 8.46. The van der Waals surface area contributed by atoms with Gasteiger partial charge in [0.1, 0.15) is 11.3 Å². The van der Waals surface area contributed by atoms with Gasteiger partial charge in [0.25, 0.3) is 6.71 Å². The first-order valence-corrected chi connectivity index (χ1v) is 28.4. The lowest BCUT2D eigenvalue weighted by atomic mass is 9.32. The lowest BCUT2D eigenvalue weighted by Crippen LogP contribution is -2.61. The van der Waals surface area contributed by atoms with Crippen molar-refractivity contribution in [1.29, 1.82) is 0 Å². The van der Waals surface area contributed by atoms with Gasteiger partial charge in [0.05, 0.1) is 22.8 Å². The SMILES string of the molecule is CC(C)(C)Cc1cc2c3c(c1)-n1c4nc5c(nc4n4c6c(c(c14)B3c1c3c(n4c7nc8c(nc7n-2c14)C1CC2CC4CC8CC24C1)C1CCC3CC1)C1CCC6CC1)C1CC2CC3CC5CC32C1. The lowest BCUT2D eigenvalue weighted by Gasteiger charge is -2.48. The first kappa shape index (κ1) is 35.7. The Kier molecular flexibility index (Phi) is 5.57. The molecule has 6 aromatic heterocycles. The quantitative estimate of drug-likeness (QED) is 0.154. The number of imidazole rings is 2. The van der Waals surface area contributed by atoms with Gasteiger partial charge in [-0.05, 0) is 231 Å². The van der Waals surface area contributed by atoms with Crippen LogP contribution in [0.1, 0.15) is 235 Å². The summed E-state index contributed by atoms with van der Waals surface area (Å²) in [6.45, 7) is 7.52. The van der Waals surface area contributed by atoms with Crippen molar-refractivity contribution in [1.82, 2.24) is 37.9 Å². The molecule has 1 aromatic carbocycles. The molecule has 2 spiro atoms. The fourth-order valence-corrected chi connectivity index (χ4v) is 22.6. The van der Waals surface area contributed by atoms with Gasteiger partial charge < -0.3 is 0 Å². The first-order chi connectivity index (χ1) is 33.2. The third kappa shape index (κ3) is 3.55. The van der Waals surface area contributed by atoms with E-state index in [4.69, 9.17) is 19.9 Å². The molecule has 68 heavy (non-hydrogen) atoms. The van der Waals surface area contributed by atoms with Crippen LogP contribution in [0.4, 0.5) is 0 Å². The van der Waals surface area contributed by atoms with Crippen LogP contribution in [0.15, 0.2) is 12.1 Å². The summed E-state index contributed by atoms with van der Waals surface area (Å²) < 4.78 is 11.2. The average molecular weight is 893 g/mol. The fraction of sp³-hybridized carbons (Fsp3) is 0.627. The van der Waals surface area contributed by atoms with E-state index in [-0.39, 0.29) is 12.1 Å². The monoisotopic (exact) mass is 893 g/mol. The smallest absolute Gasteiger partial charge is 0.257 e. The van der Waals surface area contributed by atoms with E-state index >= 15 is 0 Å². The highest BCUT2D eigenvalue weighted by atomic mass is 15.3. The minimum Gasteiger partial charge on any atom is -0.281 e. The maximum atomic E-state index is 6.16. The molecule has 14 aliphatic carbocycles. The summed E-state index contributed by atoms with van der Waals surface area (Å²) in [4.78, 5) is 24.6. The summed E-state index contributed by atoms with van der Waals surface area (Å²) in [5.41, 5.74) is 30.4. The molecule has 0 saturated heterocycles. The summed E-state index contributed by atoms with van der Waals surface area (Å²) >= 11 is 0. The van der Waals surface area contributed by atoms with E-state index in [1.165, 1.54) is 178 Å². The number of hydrogen-bond donors (Lipinski definition) is 0. The highest BCUT2D eigenvalue weighted by Crippen LogP contribution is 2.77. The normalized spacial score (nSPS) is 39.7. The maximum absolute atomic E-state index is 6.16. The predicted molar refractivity (Wildman–Crippen MR) is 265 cm³/mol. The van der Waals surface area contributed by atoms with Crippen LogP contribution in [0.2, 0.25) is 0 Å². The van der Waals surface area contributed by atoms with Gasteiger partial charge in [-0.3, -0.25) is 17.9 Å². The van der Waals surface area contributed by atoms with Crippen molar-refractivity contribution in [2.24, 2.45) is 39.9 Å². The molecule has 10 unspecified atom stereocenters. The Morgan fingerprint density at radius 3 is 1.26 bits per heavy atom. The van der Waals surface area contributed by atoms with Gasteiger partial charge in [0.2, 0.25) is 0 Å². The van der Waals surface area contributed by atoms with Gasteiger partial charge in [0, 0.05) is 46.4 Å². The number of rotatable bonds is 1. The van der Waals surface area contributed by atoms with Gasteiger partial charge in [-0.1, -0.05) is 20.8 Å². The molecule has 10 bridgehead atoms. The van der Waals surface area contributed by atoms with Crippen LogP contribution in [-0.2, 0) is 6.42 Å². The fourth-order valence-electron chi connectivity index (χ4n) is 22.6. The molecule has 9 heteroatoms. The molecule has 8 nitrogen and oxygen atoms in total. The molecule has 8 saturated carbocycles. The molecule has 23 rings (SSSR count). The van der Waals surface area contributed by atoms with Crippen molar-refractivity contribution in [2.75, 3.05) is 0 Å². The third-order valence-electron chi connectivity index (χ3n) is 24.7. The third-order valence-corrected chi connectivity index (χ3v) is 24.7. The number of hydrogen-bond acceptors (Lipinski definition) is 4. The van der Waals surface area contributed by atoms with Crippen molar-refractivity contribution >= 4 is 57.0 Å². The minimum absolute atomic E-state index is 0.133. The Morgan fingerprint density at radius 2 is 0.868 bits per heavy atom. The Bertz CT molecular complexity index is 3460. The summed E-state index contributed by atoms with van der Waals surface area (Å²) in [6.07, 6.45) is 25.4. The second kappa shape index (κ2) is 10.6. The molecular weight excluding hydrogens is 832 g/mol. The van der Waals surface area contributed by atoms with Crippen LogP contribution < -0.4 is 16.4 Å². The topological polar surface area (TPSA) is 70.2 Å². The summed E-state index contributed by atoms with van der Waals surface area (Å²) in [5, 5.41) is 0. The van der Waals surface area contributed by atoms with E-state index in [0.29, 0.717) is 58.2 Å². The second-order valence-electron chi connectivity index (χ2n) is 28.3. The van der Waals surface area contributed by atoms with E-state index < -0.39 is 0 Å². The van der Waals surface area contributed by atoms with Gasteiger partial charge in [-0.25, -0.2) is 19.9 Å². The molecule has 10 atom stereocenters. The highest BCUT2D eigenvalue weighted by Gasteiger charge is 2.68. The minimum atomic E-state index is 0.133. The van der Waals surface area contributed by atoms with Crippen LogP contribution >= 0.6 is 0 Å². The molecule has 8 heterocycles. The zero-order chi connectivity index (χ0) is 43.5. The van der Waals surface area contributed by atoms with Crippen LogP contribution in [0, 0.1) is 39.9 Å². The van der Waals surface area contributed by atoms with Gasteiger partial charge in [-0.15, -0.1) is 0 Å². The van der Waals surface area contributed by atoms with E-state index in [2.05, 4.69) is 50.8 Å². The van der Waals surface area contributed by atoms with Crippen molar-refractivity contribution in [3.8, 4) is 11.4 Å². The molecular formula is C59H61BN8. The van der Waals surface area contributed by atoms with E-state index in [9.17, 15) is 0 Å². The zero-order valence-corrected chi connectivity index (χ0v) is 40.2. The molecule has 8 fully saturated rings. The van der Waals surface area contributed by atoms with Gasteiger partial charge >= 0.3 is 0 Å². The largest absolute Gasteiger partial charge is 0.281 e. The summed E-state index contributed by atoms with van der Waals surface area (Å²) in [7, 11) is 0. The van der Waals surface area contributed by atoms with Crippen LogP contribution in [-0.4, -0.2) is 44.6 Å². The number of fused-ring (bicyclic) bond motifs is 24. The van der Waals surface area contributed by atoms with Crippen molar-refractivity contribution in [2.45, 2.75) is 190 Å². The predicted octanol–water partition coefficient (Wildman–Crippen LogP) is 10.7. The van der Waals surface area contributed by atoms with E-state index in [0.717, 1.165) is 41.4 Å². The molecule has 0 radical (unpaired) electrons. The Labute approximate surface area is 397 Å². The standard InChI is InChI=1S/C59H61BN8/c1-57(2,3)20-25-12-38-42-39(13-25)66-52-54(64-48-33-17-37-19-35-15-31(46(48)62-52)22-59(35,37)24-33)68-50-29-10-6-27(7-11-29)41(50)44(56(66)68)60(42)43-40-26-4-8-28(9-5-26)49(40)67-53-51(65(38)55(43)67)61-45-30-14-34-18-36-16-32(47(45)63-53)23-58(34,36)21-30/h12-13,26-37H,4-11,14-24H2,1-3H3. The number of nitrogens with zero attached hydrogens (tertiary/aromatic N) is 8. The molecule has 0 N–H and O–H groups in total. The van der Waals surface area contributed by atoms with Gasteiger partial charge in [0.15, 0.2) is 22.6 Å². The molecule has 340 valence electrons. The van der Waals surface area contributed by atoms with Crippen molar-refractivity contribution in [3.05, 3.63) is 63.0 Å². The summed E-state index contributed by atoms with van der Waals surface area (Å²) in [6, 6.07) is 5.35. The average Bonchev–Trinajstić information content (AvgIpc) is 4.21. The van der Waals surface area contributed by atoms with E-state index in [1.54, 1.807) is 38.9 Å². The lowest BCUT2D eigenvalue weighted by molar-refractivity contribution is 0.00320. The van der Waals surface area contributed by atoms with Crippen LogP contribution in [0.25, 0.3) is 45.3 Å². The number of benzene rings is 1. The molecule has 16 aliphatic rings. The highest BCUT2D eigenvalue weighted by molar-refractivity contribution is 7.00. The second-order valence-corrected chi connectivity index (χ2v) is 28.3. The van der Waals surface area contributed by atoms with Crippen molar-refractivity contribution in [3.63, 3.8) is 0 Å². The number of aromatic nitrogens is 8. The maximum Gasteiger partial charge on any atom is 0.257 e. The van der Waals surface area contributed by atoms with Crippen LogP contribution in [0.3, 0.4) is 0 Å². The molecule has 0 amide bonds. The Balaban J connectivity index is 0.933. The zero-order valence-electron chi connectivity index (χ0n) is 40.2. The first-order valence-electron chi connectivity index (χ1n) is 28.4. The van der Waals surface area contributed by atoms with Gasteiger partial charge in [-0.2, -0.15) is 0 Å². The molecule has 7 aromatic rings. The van der Waals surface area contributed by atoms with Crippen molar-refractivity contribution < 1.29 is 0 Å². The van der Waals surface area contributed by atoms with E-state index in [1.807, 2.05) is 0 Å². The Morgan fingerprint density at radius 1 is 0.485 bits per heavy atom. The Hall–Kier alpha value is -4.40.